The standard InChI is InChI=1S/C16H20N2O2S/c1-3-17-11-5-4-6-12-15(11)21-16(18-12)10-7-8-14(20-2)13(19)9-10/h7-9,11,17,19H,3-6H2,1-2H3. The lowest BCUT2D eigenvalue weighted by molar-refractivity contribution is 0.373. The highest BCUT2D eigenvalue weighted by atomic mass is 32.1. The van der Waals surface area contributed by atoms with Crippen molar-refractivity contribution < 1.29 is 9.84 Å². The van der Waals surface area contributed by atoms with Gasteiger partial charge in [0.15, 0.2) is 11.5 Å². The van der Waals surface area contributed by atoms with Crippen LogP contribution in [0.3, 0.4) is 0 Å². The molecule has 0 fully saturated rings. The molecule has 1 aliphatic carbocycles. The molecule has 4 nitrogen and oxygen atoms in total. The lowest BCUT2D eigenvalue weighted by Crippen LogP contribution is -2.23. The van der Waals surface area contributed by atoms with E-state index in [1.54, 1.807) is 30.6 Å². The highest BCUT2D eigenvalue weighted by Gasteiger charge is 2.24. The minimum atomic E-state index is 0.159. The van der Waals surface area contributed by atoms with E-state index in [1.807, 2.05) is 6.07 Å². The first-order valence-corrected chi connectivity index (χ1v) is 8.15. The number of methoxy groups -OCH3 is 1. The maximum Gasteiger partial charge on any atom is 0.160 e. The molecule has 2 aromatic rings. The van der Waals surface area contributed by atoms with E-state index in [-0.39, 0.29) is 5.75 Å². The minimum Gasteiger partial charge on any atom is -0.504 e. The molecule has 0 saturated carbocycles. The summed E-state index contributed by atoms with van der Waals surface area (Å²) in [7, 11) is 1.55. The third kappa shape index (κ3) is 2.76. The lowest BCUT2D eigenvalue weighted by Gasteiger charge is -2.21. The summed E-state index contributed by atoms with van der Waals surface area (Å²) in [5.74, 6) is 0.650. The SMILES string of the molecule is CCNC1CCCc2nc(-c3ccc(OC)c(O)c3)sc21. The summed E-state index contributed by atoms with van der Waals surface area (Å²) in [6.07, 6.45) is 3.41. The molecule has 3 rings (SSSR count). The van der Waals surface area contributed by atoms with E-state index in [2.05, 4.69) is 12.2 Å². The van der Waals surface area contributed by atoms with Crippen molar-refractivity contribution in [2.45, 2.75) is 32.2 Å². The van der Waals surface area contributed by atoms with Gasteiger partial charge in [0.05, 0.1) is 12.8 Å². The number of fused-ring (bicyclic) bond motifs is 1. The van der Waals surface area contributed by atoms with Gasteiger partial charge in [-0.25, -0.2) is 4.98 Å². The third-order valence-electron chi connectivity index (χ3n) is 3.83. The molecular formula is C16H20N2O2S. The first-order valence-electron chi connectivity index (χ1n) is 7.33. The van der Waals surface area contributed by atoms with Gasteiger partial charge in [-0.05, 0) is 44.0 Å². The number of aryl methyl sites for hydroxylation is 1. The van der Waals surface area contributed by atoms with Crippen LogP contribution < -0.4 is 10.1 Å². The number of thiazole rings is 1. The number of nitrogens with zero attached hydrogens (tertiary/aromatic N) is 1. The molecule has 1 atom stereocenters. The average Bonchev–Trinajstić information content (AvgIpc) is 2.92. The summed E-state index contributed by atoms with van der Waals surface area (Å²) in [6, 6.07) is 5.89. The quantitative estimate of drug-likeness (QED) is 0.907. The number of benzene rings is 1. The van der Waals surface area contributed by atoms with Crippen molar-refractivity contribution in [3.8, 4) is 22.1 Å². The Bertz CT molecular complexity index is 639. The molecule has 2 N–H and O–H groups in total. The van der Waals surface area contributed by atoms with Crippen LogP contribution in [0.15, 0.2) is 18.2 Å². The molecule has 0 amide bonds. The normalized spacial score (nSPS) is 17.5. The van der Waals surface area contributed by atoms with Crippen molar-refractivity contribution in [3.63, 3.8) is 0 Å². The zero-order valence-corrected chi connectivity index (χ0v) is 13.2. The summed E-state index contributed by atoms with van der Waals surface area (Å²) >= 11 is 1.73. The Balaban J connectivity index is 1.95. The maximum atomic E-state index is 9.93. The monoisotopic (exact) mass is 304 g/mol. The highest BCUT2D eigenvalue weighted by Crippen LogP contribution is 2.39. The molecule has 0 bridgehead atoms. The number of ether oxygens (including phenoxy) is 1. The average molecular weight is 304 g/mol. The fourth-order valence-corrected chi connectivity index (χ4v) is 4.03. The molecule has 1 unspecified atom stereocenters. The third-order valence-corrected chi connectivity index (χ3v) is 5.09. The summed E-state index contributed by atoms with van der Waals surface area (Å²) in [4.78, 5) is 6.13. The van der Waals surface area contributed by atoms with Crippen LogP contribution in [-0.4, -0.2) is 23.7 Å². The smallest absolute Gasteiger partial charge is 0.160 e. The number of hydrogen-bond donors (Lipinski definition) is 2. The molecule has 1 aromatic heterocycles. The predicted molar refractivity (Wildman–Crippen MR) is 85.1 cm³/mol. The zero-order chi connectivity index (χ0) is 14.8. The van der Waals surface area contributed by atoms with E-state index in [9.17, 15) is 5.11 Å². The van der Waals surface area contributed by atoms with Crippen molar-refractivity contribution in [1.29, 1.82) is 0 Å². The predicted octanol–water partition coefficient (Wildman–Crippen LogP) is 3.51. The van der Waals surface area contributed by atoms with Gasteiger partial charge >= 0.3 is 0 Å². The lowest BCUT2D eigenvalue weighted by atomic mass is 9.98. The van der Waals surface area contributed by atoms with Crippen LogP contribution in [0.4, 0.5) is 0 Å². The Hall–Kier alpha value is -1.59. The van der Waals surface area contributed by atoms with Crippen molar-refractivity contribution >= 4 is 11.3 Å². The minimum absolute atomic E-state index is 0.159. The number of aromatic hydroxyl groups is 1. The summed E-state index contributed by atoms with van der Waals surface area (Å²) < 4.78 is 5.09. The van der Waals surface area contributed by atoms with Crippen LogP contribution in [0.25, 0.3) is 10.6 Å². The molecule has 0 aliphatic heterocycles. The first-order chi connectivity index (χ1) is 10.2. The van der Waals surface area contributed by atoms with Crippen LogP contribution in [0.5, 0.6) is 11.5 Å². The van der Waals surface area contributed by atoms with Gasteiger partial charge in [-0.1, -0.05) is 6.92 Å². The molecule has 1 aliphatic rings. The second-order valence-corrected chi connectivity index (χ2v) is 6.25. The second-order valence-electron chi connectivity index (χ2n) is 5.22. The molecule has 21 heavy (non-hydrogen) atoms. The van der Waals surface area contributed by atoms with E-state index in [0.717, 1.165) is 23.5 Å². The molecule has 0 radical (unpaired) electrons. The van der Waals surface area contributed by atoms with Crippen molar-refractivity contribution in [2.24, 2.45) is 0 Å². The van der Waals surface area contributed by atoms with Crippen LogP contribution in [-0.2, 0) is 6.42 Å². The van der Waals surface area contributed by atoms with Gasteiger partial charge < -0.3 is 15.2 Å². The number of aromatic nitrogens is 1. The van der Waals surface area contributed by atoms with Crippen molar-refractivity contribution in [1.82, 2.24) is 10.3 Å². The van der Waals surface area contributed by atoms with E-state index >= 15 is 0 Å². The van der Waals surface area contributed by atoms with E-state index in [0.29, 0.717) is 11.8 Å². The molecule has 1 heterocycles. The fraction of sp³-hybridized carbons (Fsp3) is 0.438. The summed E-state index contributed by atoms with van der Waals surface area (Å²) in [5.41, 5.74) is 2.16. The molecule has 112 valence electrons. The number of phenolic OH excluding ortho intramolecular Hbond substituents is 1. The van der Waals surface area contributed by atoms with Crippen LogP contribution in [0, 0.1) is 0 Å². The van der Waals surface area contributed by atoms with Gasteiger partial charge in [0, 0.05) is 16.5 Å². The fourth-order valence-electron chi connectivity index (χ4n) is 2.81. The maximum absolute atomic E-state index is 9.93. The number of rotatable bonds is 4. The highest BCUT2D eigenvalue weighted by molar-refractivity contribution is 7.15. The number of phenols is 1. The zero-order valence-electron chi connectivity index (χ0n) is 12.3. The Morgan fingerprint density at radius 3 is 3.05 bits per heavy atom. The largest absolute Gasteiger partial charge is 0.504 e. The summed E-state index contributed by atoms with van der Waals surface area (Å²) in [5, 5.41) is 14.4. The van der Waals surface area contributed by atoms with E-state index in [1.165, 1.54) is 23.4 Å². The first kappa shape index (κ1) is 14.4. The molecular weight excluding hydrogens is 284 g/mol. The Morgan fingerprint density at radius 2 is 2.33 bits per heavy atom. The molecule has 0 saturated heterocycles. The number of nitrogens with one attached hydrogen (secondary N) is 1. The van der Waals surface area contributed by atoms with Gasteiger partial charge in [0.2, 0.25) is 0 Å². The number of hydrogen-bond acceptors (Lipinski definition) is 5. The molecule has 1 aromatic carbocycles. The van der Waals surface area contributed by atoms with Crippen molar-refractivity contribution in [2.75, 3.05) is 13.7 Å². The van der Waals surface area contributed by atoms with Crippen LogP contribution in [0.2, 0.25) is 0 Å². The Kier molecular flexibility index (Phi) is 4.12. The van der Waals surface area contributed by atoms with Crippen molar-refractivity contribution in [3.05, 3.63) is 28.8 Å². The van der Waals surface area contributed by atoms with Gasteiger partial charge in [-0.3, -0.25) is 0 Å². The summed E-state index contributed by atoms with van der Waals surface area (Å²) in [6.45, 7) is 3.11. The van der Waals surface area contributed by atoms with E-state index < -0.39 is 0 Å². The Morgan fingerprint density at radius 1 is 1.48 bits per heavy atom. The molecule has 0 spiro atoms. The van der Waals surface area contributed by atoms with Crippen LogP contribution >= 0.6 is 11.3 Å². The van der Waals surface area contributed by atoms with Gasteiger partial charge in [-0.2, -0.15) is 0 Å². The van der Waals surface area contributed by atoms with E-state index in [4.69, 9.17) is 9.72 Å². The topological polar surface area (TPSA) is 54.4 Å². The van der Waals surface area contributed by atoms with Crippen LogP contribution in [0.1, 0.15) is 36.4 Å². The van der Waals surface area contributed by atoms with Gasteiger partial charge in [0.1, 0.15) is 5.01 Å². The Labute approximate surface area is 128 Å². The second kappa shape index (κ2) is 6.03. The van der Waals surface area contributed by atoms with Gasteiger partial charge in [0.25, 0.3) is 0 Å². The van der Waals surface area contributed by atoms with Gasteiger partial charge in [-0.15, -0.1) is 11.3 Å². The molecule has 5 heteroatoms.